The highest BCUT2D eigenvalue weighted by atomic mass is 32.2. The molecule has 4 heteroatoms. The van der Waals surface area contributed by atoms with Gasteiger partial charge in [0.15, 0.2) is 0 Å². The fourth-order valence-corrected chi connectivity index (χ4v) is 2.46. The minimum atomic E-state index is 0.151. The van der Waals surface area contributed by atoms with Crippen molar-refractivity contribution in [2.24, 2.45) is 0 Å². The molecule has 1 aromatic carbocycles. The molecular weight excluding hydrogens is 256 g/mol. The van der Waals surface area contributed by atoms with Crippen molar-refractivity contribution in [2.45, 2.75) is 24.7 Å². The number of rotatable bonds is 8. The van der Waals surface area contributed by atoms with Gasteiger partial charge in [0, 0.05) is 23.6 Å². The largest absolute Gasteiger partial charge is 0.356 e. The van der Waals surface area contributed by atoms with Crippen molar-refractivity contribution in [3.05, 3.63) is 29.8 Å². The normalized spacial score (nSPS) is 10.7. The van der Waals surface area contributed by atoms with Crippen molar-refractivity contribution >= 4 is 17.7 Å². The van der Waals surface area contributed by atoms with Crippen molar-refractivity contribution in [2.75, 3.05) is 32.9 Å². The Morgan fingerprint density at radius 2 is 1.95 bits per heavy atom. The molecule has 0 saturated carbocycles. The summed E-state index contributed by atoms with van der Waals surface area (Å²) < 4.78 is 0. The number of thioether (sulfide) groups is 1. The Kier molecular flexibility index (Phi) is 7.60. The van der Waals surface area contributed by atoms with Gasteiger partial charge in [0.25, 0.3) is 0 Å². The molecule has 1 rings (SSSR count). The average molecular weight is 280 g/mol. The number of amides is 1. The van der Waals surface area contributed by atoms with E-state index in [9.17, 15) is 4.79 Å². The van der Waals surface area contributed by atoms with E-state index < -0.39 is 0 Å². The van der Waals surface area contributed by atoms with Crippen LogP contribution in [0.1, 0.15) is 18.4 Å². The van der Waals surface area contributed by atoms with Crippen molar-refractivity contribution < 1.29 is 4.79 Å². The summed E-state index contributed by atoms with van der Waals surface area (Å²) in [5.74, 6) is 0.987. The van der Waals surface area contributed by atoms with E-state index in [0.29, 0.717) is 6.42 Å². The minimum Gasteiger partial charge on any atom is -0.356 e. The quantitative estimate of drug-likeness (QED) is 0.587. The Morgan fingerprint density at radius 1 is 1.26 bits per heavy atom. The highest BCUT2D eigenvalue weighted by Gasteiger charge is 2.01. The van der Waals surface area contributed by atoms with Crippen LogP contribution in [0.2, 0.25) is 0 Å². The van der Waals surface area contributed by atoms with Crippen LogP contribution in [0.15, 0.2) is 29.2 Å². The SMILES string of the molecule is Cc1ccc(SCCC(=O)NCCCN(C)C)cc1. The maximum atomic E-state index is 11.6. The topological polar surface area (TPSA) is 32.3 Å². The van der Waals surface area contributed by atoms with Gasteiger partial charge in [0.1, 0.15) is 0 Å². The lowest BCUT2D eigenvalue weighted by atomic mass is 10.2. The van der Waals surface area contributed by atoms with E-state index >= 15 is 0 Å². The Labute approximate surface area is 120 Å². The number of carbonyl (C=O) groups is 1. The first-order valence-electron chi connectivity index (χ1n) is 6.69. The summed E-state index contributed by atoms with van der Waals surface area (Å²) in [4.78, 5) is 14.9. The molecule has 19 heavy (non-hydrogen) atoms. The van der Waals surface area contributed by atoms with Gasteiger partial charge in [0.2, 0.25) is 5.91 Å². The van der Waals surface area contributed by atoms with Crippen LogP contribution in [0.4, 0.5) is 0 Å². The van der Waals surface area contributed by atoms with Crippen molar-refractivity contribution in [3.63, 3.8) is 0 Å². The number of hydrogen-bond donors (Lipinski definition) is 1. The monoisotopic (exact) mass is 280 g/mol. The first-order chi connectivity index (χ1) is 9.08. The molecule has 0 aromatic heterocycles. The van der Waals surface area contributed by atoms with Gasteiger partial charge in [-0.3, -0.25) is 4.79 Å². The molecular formula is C15H24N2OS. The molecule has 106 valence electrons. The Hall–Kier alpha value is -1.00. The number of nitrogens with one attached hydrogen (secondary N) is 1. The van der Waals surface area contributed by atoms with Gasteiger partial charge in [-0.15, -0.1) is 11.8 Å². The number of carbonyl (C=O) groups excluding carboxylic acids is 1. The van der Waals surface area contributed by atoms with Gasteiger partial charge in [0.05, 0.1) is 0 Å². The third kappa shape index (κ3) is 7.90. The fourth-order valence-electron chi connectivity index (χ4n) is 1.61. The minimum absolute atomic E-state index is 0.151. The third-order valence-corrected chi connectivity index (χ3v) is 3.74. The van der Waals surface area contributed by atoms with Gasteiger partial charge in [-0.25, -0.2) is 0 Å². The molecule has 1 N–H and O–H groups in total. The van der Waals surface area contributed by atoms with Crippen LogP contribution in [0.5, 0.6) is 0 Å². The van der Waals surface area contributed by atoms with E-state index in [1.807, 2.05) is 14.1 Å². The van der Waals surface area contributed by atoms with Crippen LogP contribution in [-0.2, 0) is 4.79 Å². The number of hydrogen-bond acceptors (Lipinski definition) is 3. The van der Waals surface area contributed by atoms with E-state index in [-0.39, 0.29) is 5.91 Å². The van der Waals surface area contributed by atoms with Crippen molar-refractivity contribution in [3.8, 4) is 0 Å². The lowest BCUT2D eigenvalue weighted by Gasteiger charge is -2.09. The summed E-state index contributed by atoms with van der Waals surface area (Å²) in [7, 11) is 4.08. The molecule has 0 aliphatic heterocycles. The van der Waals surface area contributed by atoms with Gasteiger partial charge in [-0.1, -0.05) is 17.7 Å². The van der Waals surface area contributed by atoms with Crippen LogP contribution in [0.3, 0.4) is 0 Å². The van der Waals surface area contributed by atoms with Crippen LogP contribution >= 0.6 is 11.8 Å². The Balaban J connectivity index is 2.08. The van der Waals surface area contributed by atoms with Crippen molar-refractivity contribution in [1.29, 1.82) is 0 Å². The highest BCUT2D eigenvalue weighted by Crippen LogP contribution is 2.18. The van der Waals surface area contributed by atoms with Crippen LogP contribution < -0.4 is 5.32 Å². The predicted octanol–water partition coefficient (Wildman–Crippen LogP) is 2.55. The van der Waals surface area contributed by atoms with E-state index in [4.69, 9.17) is 0 Å². The van der Waals surface area contributed by atoms with Crippen molar-refractivity contribution in [1.82, 2.24) is 10.2 Å². The Bertz CT molecular complexity index is 376. The van der Waals surface area contributed by atoms with Crippen LogP contribution in [-0.4, -0.2) is 43.7 Å². The molecule has 0 bridgehead atoms. The maximum absolute atomic E-state index is 11.6. The number of nitrogens with zero attached hydrogens (tertiary/aromatic N) is 1. The number of benzene rings is 1. The first-order valence-corrected chi connectivity index (χ1v) is 7.67. The molecule has 0 atom stereocenters. The summed E-state index contributed by atoms with van der Waals surface area (Å²) in [6.45, 7) is 3.86. The molecule has 0 heterocycles. The molecule has 0 spiro atoms. The standard InChI is InChI=1S/C15H24N2OS/c1-13-5-7-14(8-6-13)19-12-9-15(18)16-10-4-11-17(2)3/h5-8H,4,9-12H2,1-3H3,(H,16,18). The van der Waals surface area contributed by atoms with Crippen LogP contribution in [0.25, 0.3) is 0 Å². The second kappa shape index (κ2) is 8.99. The summed E-state index contributed by atoms with van der Waals surface area (Å²) in [5.41, 5.74) is 1.27. The van der Waals surface area contributed by atoms with Crippen LogP contribution in [0, 0.1) is 6.92 Å². The molecule has 0 aliphatic carbocycles. The molecule has 1 amide bonds. The summed E-state index contributed by atoms with van der Waals surface area (Å²) in [5, 5.41) is 2.95. The summed E-state index contributed by atoms with van der Waals surface area (Å²) >= 11 is 1.73. The predicted molar refractivity (Wildman–Crippen MR) is 82.7 cm³/mol. The molecule has 0 saturated heterocycles. The molecule has 0 aliphatic rings. The zero-order valence-electron chi connectivity index (χ0n) is 12.1. The van der Waals surface area contributed by atoms with Gasteiger partial charge in [-0.05, 0) is 46.1 Å². The summed E-state index contributed by atoms with van der Waals surface area (Å²) in [6, 6.07) is 8.41. The fraction of sp³-hybridized carbons (Fsp3) is 0.533. The highest BCUT2D eigenvalue weighted by molar-refractivity contribution is 7.99. The second-order valence-corrected chi connectivity index (χ2v) is 6.09. The lowest BCUT2D eigenvalue weighted by Crippen LogP contribution is -2.27. The zero-order chi connectivity index (χ0) is 14.1. The molecule has 1 aromatic rings. The summed E-state index contributed by atoms with van der Waals surface area (Å²) in [6.07, 6.45) is 1.59. The molecule has 0 unspecified atom stereocenters. The van der Waals surface area contributed by atoms with Gasteiger partial charge in [-0.2, -0.15) is 0 Å². The van der Waals surface area contributed by atoms with E-state index in [1.165, 1.54) is 10.5 Å². The molecule has 3 nitrogen and oxygen atoms in total. The Morgan fingerprint density at radius 3 is 2.58 bits per heavy atom. The molecule has 0 radical (unpaired) electrons. The molecule has 0 fully saturated rings. The second-order valence-electron chi connectivity index (χ2n) is 4.92. The number of aryl methyl sites for hydroxylation is 1. The van der Waals surface area contributed by atoms with Gasteiger partial charge >= 0.3 is 0 Å². The van der Waals surface area contributed by atoms with E-state index in [1.54, 1.807) is 11.8 Å². The zero-order valence-corrected chi connectivity index (χ0v) is 12.9. The smallest absolute Gasteiger partial charge is 0.220 e. The average Bonchev–Trinajstić information content (AvgIpc) is 2.37. The maximum Gasteiger partial charge on any atom is 0.220 e. The third-order valence-electron chi connectivity index (χ3n) is 2.72. The van der Waals surface area contributed by atoms with E-state index in [0.717, 1.165) is 25.3 Å². The first kappa shape index (κ1) is 16.1. The van der Waals surface area contributed by atoms with Gasteiger partial charge < -0.3 is 10.2 Å². The lowest BCUT2D eigenvalue weighted by molar-refractivity contribution is -0.120. The van der Waals surface area contributed by atoms with E-state index in [2.05, 4.69) is 41.4 Å².